The first kappa shape index (κ1) is 27.0. The Morgan fingerprint density at radius 2 is 1.33 bits per heavy atom. The Morgan fingerprint density at radius 3 is 1.77 bits per heavy atom. The smallest absolute Gasteiger partial charge is 0.744 e. The van der Waals surface area contributed by atoms with Crippen LogP contribution in [-0.2, 0) is 19.6 Å². The number of hydrogen-bond donors (Lipinski definition) is 0. The molecule has 0 radical (unpaired) electrons. The van der Waals surface area contributed by atoms with E-state index in [1.807, 2.05) is 60.7 Å². The van der Waals surface area contributed by atoms with Crippen molar-refractivity contribution >= 4 is 56.2 Å². The van der Waals surface area contributed by atoms with Crippen molar-refractivity contribution in [1.82, 2.24) is 0 Å². The van der Waals surface area contributed by atoms with E-state index in [1.54, 1.807) is 6.07 Å². The maximum absolute atomic E-state index is 12.5. The minimum absolute atomic E-state index is 0. The van der Waals surface area contributed by atoms with E-state index in [0.717, 1.165) is 10.6 Å². The number of ether oxygens (including phenoxy) is 1. The Labute approximate surface area is 210 Å². The normalized spacial score (nSPS) is 11.0. The van der Waals surface area contributed by atoms with Gasteiger partial charge in [0.25, 0.3) is 0 Å². The van der Waals surface area contributed by atoms with Crippen molar-refractivity contribution in [2.24, 2.45) is 0 Å². The Balaban J connectivity index is 0.00000225. The molecule has 0 amide bonds. The quantitative estimate of drug-likeness (QED) is 0.193. The van der Waals surface area contributed by atoms with Gasteiger partial charge in [-0.25, -0.2) is 13.2 Å². The van der Waals surface area contributed by atoms with Crippen LogP contribution in [0.4, 0.5) is 0 Å². The van der Waals surface area contributed by atoms with Crippen molar-refractivity contribution < 1.29 is 52.1 Å². The minimum atomic E-state index is -4.63. The third-order valence-electron chi connectivity index (χ3n) is 4.53. The molecule has 0 unspecified atom stereocenters. The molecule has 0 heterocycles. The van der Waals surface area contributed by atoms with Crippen molar-refractivity contribution in [2.45, 2.75) is 4.90 Å². The molecular formula is C21H20BrNaO5PS+. The molecule has 0 spiro atoms. The molecule has 152 valence electrons. The standard InChI is InChI=1S/C21H19O5PS.BrH.Na/c1-26-21(22)16-27(17-9-4-2-5-10-17,18-11-6-3-7-12-18)19-13-8-14-20(15-19)28(23,24)25;;/h2-15H,16H2,1H3;1H;/q;;+1. The van der Waals surface area contributed by atoms with Gasteiger partial charge in [-0.1, -0.05) is 42.5 Å². The Kier molecular flexibility index (Phi) is 10.4. The van der Waals surface area contributed by atoms with Gasteiger partial charge in [-0.3, -0.25) is 0 Å². The molecule has 3 aromatic rings. The van der Waals surface area contributed by atoms with Crippen molar-refractivity contribution in [3.05, 3.63) is 84.9 Å². The van der Waals surface area contributed by atoms with E-state index >= 15 is 0 Å². The fourth-order valence-electron chi connectivity index (χ4n) is 3.22. The van der Waals surface area contributed by atoms with E-state index < -0.39 is 23.3 Å². The van der Waals surface area contributed by atoms with Gasteiger partial charge in [-0.15, -0.1) is 17.0 Å². The van der Waals surface area contributed by atoms with Crippen LogP contribution < -0.4 is 45.5 Å². The number of methoxy groups -OCH3 is 1. The summed E-state index contributed by atoms with van der Waals surface area (Å²) in [6.45, 7) is 0. The van der Waals surface area contributed by atoms with Gasteiger partial charge < -0.3 is 9.29 Å². The number of hydrogen-bond acceptors (Lipinski definition) is 5. The van der Waals surface area contributed by atoms with E-state index in [9.17, 15) is 17.8 Å². The zero-order valence-electron chi connectivity index (χ0n) is 16.6. The second kappa shape index (κ2) is 11.5. The maximum Gasteiger partial charge on any atom is 1.00 e. The molecule has 0 aliphatic heterocycles. The summed E-state index contributed by atoms with van der Waals surface area (Å²) in [5.74, 6) is -0.406. The van der Waals surface area contributed by atoms with Crippen molar-refractivity contribution in [2.75, 3.05) is 13.3 Å². The maximum atomic E-state index is 12.5. The monoisotopic (exact) mass is 517 g/mol. The molecule has 0 aliphatic rings. The number of rotatable bonds is 6. The Hall–Kier alpha value is -1.05. The van der Waals surface area contributed by atoms with Gasteiger partial charge in [0, 0.05) is 0 Å². The van der Waals surface area contributed by atoms with Crippen LogP contribution in [0.25, 0.3) is 0 Å². The second-order valence-corrected chi connectivity index (χ2v) is 11.0. The number of halogens is 1. The summed E-state index contributed by atoms with van der Waals surface area (Å²) in [6.07, 6.45) is 0.0554. The molecule has 0 aliphatic carbocycles. The predicted octanol–water partition coefficient (Wildman–Crippen LogP) is -0.360. The van der Waals surface area contributed by atoms with Crippen LogP contribution in [0.5, 0.6) is 0 Å². The van der Waals surface area contributed by atoms with Gasteiger partial charge in [-0.2, -0.15) is 0 Å². The van der Waals surface area contributed by atoms with Crippen molar-refractivity contribution in [1.29, 1.82) is 0 Å². The summed E-state index contributed by atoms with van der Waals surface area (Å²) in [4.78, 5) is 12.1. The SMILES string of the molecule is Br.COC(=O)C[P+](c1ccccc1)(c1ccccc1)c1cccc(S(=O)(=O)[O-])c1.[Na+]. The van der Waals surface area contributed by atoms with E-state index in [0.29, 0.717) is 5.30 Å². The average Bonchev–Trinajstić information content (AvgIpc) is 2.72. The van der Waals surface area contributed by atoms with Crippen LogP contribution in [0.3, 0.4) is 0 Å². The zero-order chi connectivity index (χ0) is 20.2. The van der Waals surface area contributed by atoms with Crippen LogP contribution in [0, 0.1) is 0 Å². The fourth-order valence-corrected chi connectivity index (χ4v) is 7.85. The summed E-state index contributed by atoms with van der Waals surface area (Å²) < 4.78 is 39.9. The molecule has 3 aromatic carbocycles. The molecule has 3 rings (SSSR count). The Bertz CT molecular complexity index is 1040. The van der Waals surface area contributed by atoms with E-state index in [4.69, 9.17) is 4.74 Å². The molecule has 5 nitrogen and oxygen atoms in total. The van der Waals surface area contributed by atoms with E-state index in [2.05, 4.69) is 0 Å². The first-order chi connectivity index (χ1) is 13.4. The number of carbonyl (C=O) groups excluding carboxylic acids is 1. The zero-order valence-corrected chi connectivity index (χ0v) is 22.0. The summed E-state index contributed by atoms with van der Waals surface area (Å²) in [7, 11) is -5.91. The van der Waals surface area contributed by atoms with Gasteiger partial charge in [0.1, 0.15) is 33.3 Å². The summed E-state index contributed by atoms with van der Waals surface area (Å²) >= 11 is 0. The first-order valence-electron chi connectivity index (χ1n) is 8.50. The number of benzene rings is 3. The van der Waals surface area contributed by atoms with Crippen molar-refractivity contribution in [3.63, 3.8) is 0 Å². The van der Waals surface area contributed by atoms with Crippen LogP contribution in [0.2, 0.25) is 0 Å². The molecule has 30 heavy (non-hydrogen) atoms. The summed E-state index contributed by atoms with van der Waals surface area (Å²) in [5.41, 5.74) is 0. The first-order valence-corrected chi connectivity index (χ1v) is 11.9. The van der Waals surface area contributed by atoms with Crippen LogP contribution in [0.15, 0.2) is 89.8 Å². The summed E-state index contributed by atoms with van der Waals surface area (Å²) in [5, 5.41) is 2.42. The molecule has 0 bridgehead atoms. The van der Waals surface area contributed by atoms with Gasteiger partial charge in [0.2, 0.25) is 0 Å². The van der Waals surface area contributed by atoms with Crippen molar-refractivity contribution in [3.8, 4) is 0 Å². The van der Waals surface area contributed by atoms with Gasteiger partial charge in [-0.05, 0) is 42.5 Å². The van der Waals surface area contributed by atoms with Crippen LogP contribution in [0.1, 0.15) is 0 Å². The predicted molar refractivity (Wildman–Crippen MR) is 120 cm³/mol. The van der Waals surface area contributed by atoms with E-state index in [-0.39, 0.29) is 57.6 Å². The number of esters is 1. The topological polar surface area (TPSA) is 83.5 Å². The van der Waals surface area contributed by atoms with Crippen LogP contribution in [-0.4, -0.2) is 32.2 Å². The van der Waals surface area contributed by atoms with Gasteiger partial charge >= 0.3 is 35.5 Å². The minimum Gasteiger partial charge on any atom is -0.744 e. The Morgan fingerprint density at radius 1 is 0.867 bits per heavy atom. The molecule has 0 N–H and O–H groups in total. The molecule has 0 atom stereocenters. The molecule has 0 aromatic heterocycles. The molecular weight excluding hydrogens is 498 g/mol. The van der Waals surface area contributed by atoms with E-state index in [1.165, 1.54) is 25.3 Å². The van der Waals surface area contributed by atoms with Gasteiger partial charge in [0.05, 0.1) is 12.0 Å². The third-order valence-corrected chi connectivity index (χ3v) is 9.62. The second-order valence-electron chi connectivity index (χ2n) is 6.17. The number of carbonyl (C=O) groups is 1. The average molecular weight is 518 g/mol. The summed E-state index contributed by atoms with van der Waals surface area (Å²) in [6, 6.07) is 24.9. The fraction of sp³-hybridized carbons (Fsp3) is 0.0952. The molecule has 0 saturated heterocycles. The molecule has 0 saturated carbocycles. The van der Waals surface area contributed by atoms with Gasteiger partial charge in [0.15, 0.2) is 6.16 Å². The third kappa shape index (κ3) is 5.80. The largest absolute Gasteiger partial charge is 1.00 e. The van der Waals surface area contributed by atoms with Crippen LogP contribution >= 0.6 is 24.2 Å². The molecule has 0 fully saturated rings. The molecule has 9 heteroatoms.